The summed E-state index contributed by atoms with van der Waals surface area (Å²) >= 11 is 0. The minimum absolute atomic E-state index is 0.235. The fraction of sp³-hybridized carbons (Fsp3) is 0.143. The van der Waals surface area contributed by atoms with Gasteiger partial charge in [-0.25, -0.2) is 0 Å². The summed E-state index contributed by atoms with van der Waals surface area (Å²) in [6.07, 6.45) is 0. The van der Waals surface area contributed by atoms with E-state index in [1.54, 1.807) is 18.2 Å². The Labute approximate surface area is 94.8 Å². The average molecular weight is 214 g/mol. The first-order chi connectivity index (χ1) is 7.59. The van der Waals surface area contributed by atoms with E-state index in [-0.39, 0.29) is 11.5 Å². The van der Waals surface area contributed by atoms with E-state index in [2.05, 4.69) is 0 Å². The molecule has 0 spiro atoms. The van der Waals surface area contributed by atoms with Crippen molar-refractivity contribution in [2.45, 2.75) is 13.8 Å². The molecule has 2 N–H and O–H groups in total. The Morgan fingerprint density at radius 2 is 1.56 bits per heavy atom. The molecule has 2 heteroatoms. The summed E-state index contributed by atoms with van der Waals surface area (Å²) in [6, 6.07) is 10.8. The predicted molar refractivity (Wildman–Crippen MR) is 64.7 cm³/mol. The van der Waals surface area contributed by atoms with E-state index in [1.165, 1.54) is 0 Å². The van der Waals surface area contributed by atoms with Gasteiger partial charge in [-0.05, 0) is 43.2 Å². The minimum atomic E-state index is 0.235. The average Bonchev–Trinajstić information content (AvgIpc) is 2.26. The van der Waals surface area contributed by atoms with Crippen LogP contribution in [0.4, 0.5) is 0 Å². The molecule has 0 aliphatic carbocycles. The quantitative estimate of drug-likeness (QED) is 0.764. The third-order valence-corrected chi connectivity index (χ3v) is 2.75. The van der Waals surface area contributed by atoms with Crippen molar-refractivity contribution >= 4 is 0 Å². The number of hydrogen-bond donors (Lipinski definition) is 2. The summed E-state index contributed by atoms with van der Waals surface area (Å²) in [5, 5.41) is 19.5. The molecule has 2 rings (SSSR count). The van der Waals surface area contributed by atoms with E-state index < -0.39 is 0 Å². The van der Waals surface area contributed by atoms with Crippen molar-refractivity contribution in [3.63, 3.8) is 0 Å². The summed E-state index contributed by atoms with van der Waals surface area (Å²) in [6.45, 7) is 3.81. The molecule has 0 atom stereocenters. The highest BCUT2D eigenvalue weighted by Gasteiger charge is 2.09. The Bertz CT molecular complexity index is 530. The fourth-order valence-electron chi connectivity index (χ4n) is 1.78. The van der Waals surface area contributed by atoms with Gasteiger partial charge in [-0.1, -0.05) is 23.8 Å². The molecule has 0 aliphatic rings. The molecule has 0 unspecified atom stereocenters. The van der Waals surface area contributed by atoms with Gasteiger partial charge in [-0.15, -0.1) is 0 Å². The zero-order chi connectivity index (χ0) is 11.7. The molecular formula is C14H14O2. The molecule has 2 aromatic carbocycles. The smallest absolute Gasteiger partial charge is 0.123 e. The summed E-state index contributed by atoms with van der Waals surface area (Å²) in [5.74, 6) is 0.484. The van der Waals surface area contributed by atoms with Crippen LogP contribution in [-0.4, -0.2) is 10.2 Å². The molecule has 0 aliphatic heterocycles. The van der Waals surface area contributed by atoms with Gasteiger partial charge >= 0.3 is 0 Å². The molecule has 0 saturated heterocycles. The third kappa shape index (κ3) is 1.74. The van der Waals surface area contributed by atoms with Crippen LogP contribution in [0.25, 0.3) is 11.1 Å². The maximum absolute atomic E-state index is 9.82. The molecule has 16 heavy (non-hydrogen) atoms. The van der Waals surface area contributed by atoms with Gasteiger partial charge in [-0.2, -0.15) is 0 Å². The topological polar surface area (TPSA) is 40.5 Å². The first-order valence-electron chi connectivity index (χ1n) is 5.18. The molecule has 0 aromatic heterocycles. The maximum Gasteiger partial charge on any atom is 0.123 e. The summed E-state index contributed by atoms with van der Waals surface area (Å²) in [7, 11) is 0. The molecular weight excluding hydrogens is 200 g/mol. The molecule has 0 fully saturated rings. The van der Waals surface area contributed by atoms with Crippen LogP contribution in [0.3, 0.4) is 0 Å². The molecule has 0 bridgehead atoms. The second kappa shape index (κ2) is 3.89. The van der Waals surface area contributed by atoms with Crippen LogP contribution in [0.5, 0.6) is 11.5 Å². The number of aryl methyl sites for hydroxylation is 1. The Balaban J connectivity index is 2.67. The number of hydrogen-bond acceptors (Lipinski definition) is 2. The van der Waals surface area contributed by atoms with Gasteiger partial charge in [0.15, 0.2) is 0 Å². The van der Waals surface area contributed by atoms with E-state index in [0.717, 1.165) is 22.3 Å². The highest BCUT2D eigenvalue weighted by Crippen LogP contribution is 2.35. The van der Waals surface area contributed by atoms with Gasteiger partial charge in [0, 0.05) is 5.56 Å². The zero-order valence-electron chi connectivity index (χ0n) is 9.36. The molecule has 0 radical (unpaired) electrons. The van der Waals surface area contributed by atoms with Crippen LogP contribution in [0.2, 0.25) is 0 Å². The number of aromatic hydroxyl groups is 2. The lowest BCUT2D eigenvalue weighted by molar-refractivity contribution is 0.470. The van der Waals surface area contributed by atoms with Gasteiger partial charge in [-0.3, -0.25) is 0 Å². The van der Waals surface area contributed by atoms with Crippen LogP contribution < -0.4 is 0 Å². The number of phenolic OH excluding ortho intramolecular Hbond substituents is 2. The standard InChI is InChI=1S/C14H14O2/c1-9-6-7-14(16)12(8-9)11-4-3-5-13(15)10(11)2/h3-8,15-16H,1-2H3. The first kappa shape index (κ1) is 10.6. The summed E-state index contributed by atoms with van der Waals surface area (Å²) in [5.41, 5.74) is 3.48. The van der Waals surface area contributed by atoms with Gasteiger partial charge in [0.05, 0.1) is 0 Å². The van der Waals surface area contributed by atoms with E-state index in [9.17, 15) is 10.2 Å². The second-order valence-electron chi connectivity index (χ2n) is 3.97. The van der Waals surface area contributed by atoms with E-state index in [1.807, 2.05) is 32.0 Å². The van der Waals surface area contributed by atoms with Crippen LogP contribution in [0.1, 0.15) is 11.1 Å². The SMILES string of the molecule is Cc1ccc(O)c(-c2cccc(O)c2C)c1. The van der Waals surface area contributed by atoms with Crippen molar-refractivity contribution in [1.29, 1.82) is 0 Å². The number of benzene rings is 2. The van der Waals surface area contributed by atoms with E-state index in [0.29, 0.717) is 0 Å². The lowest BCUT2D eigenvalue weighted by atomic mass is 9.97. The van der Waals surface area contributed by atoms with E-state index in [4.69, 9.17) is 0 Å². The van der Waals surface area contributed by atoms with Gasteiger partial charge in [0.25, 0.3) is 0 Å². The largest absolute Gasteiger partial charge is 0.508 e. The van der Waals surface area contributed by atoms with Crippen LogP contribution in [-0.2, 0) is 0 Å². The number of phenols is 2. The van der Waals surface area contributed by atoms with Crippen molar-refractivity contribution in [1.82, 2.24) is 0 Å². The Kier molecular flexibility index (Phi) is 2.57. The highest BCUT2D eigenvalue weighted by molar-refractivity contribution is 5.75. The van der Waals surface area contributed by atoms with Crippen molar-refractivity contribution in [3.05, 3.63) is 47.5 Å². The first-order valence-corrected chi connectivity index (χ1v) is 5.18. The molecule has 2 nitrogen and oxygen atoms in total. The predicted octanol–water partition coefficient (Wildman–Crippen LogP) is 3.38. The Morgan fingerprint density at radius 1 is 0.812 bits per heavy atom. The zero-order valence-corrected chi connectivity index (χ0v) is 9.36. The normalized spacial score (nSPS) is 10.4. The molecule has 0 amide bonds. The Hall–Kier alpha value is -1.96. The van der Waals surface area contributed by atoms with Gasteiger partial charge in [0.2, 0.25) is 0 Å². The van der Waals surface area contributed by atoms with Crippen LogP contribution >= 0.6 is 0 Å². The third-order valence-electron chi connectivity index (χ3n) is 2.75. The Morgan fingerprint density at radius 3 is 2.31 bits per heavy atom. The van der Waals surface area contributed by atoms with Crippen molar-refractivity contribution < 1.29 is 10.2 Å². The molecule has 0 saturated carbocycles. The highest BCUT2D eigenvalue weighted by atomic mass is 16.3. The van der Waals surface area contributed by atoms with Crippen LogP contribution in [0, 0.1) is 13.8 Å². The molecule has 82 valence electrons. The second-order valence-corrected chi connectivity index (χ2v) is 3.97. The van der Waals surface area contributed by atoms with E-state index >= 15 is 0 Å². The molecule has 2 aromatic rings. The van der Waals surface area contributed by atoms with Crippen LogP contribution in [0.15, 0.2) is 36.4 Å². The fourth-order valence-corrected chi connectivity index (χ4v) is 1.78. The minimum Gasteiger partial charge on any atom is -0.508 e. The van der Waals surface area contributed by atoms with Gasteiger partial charge < -0.3 is 10.2 Å². The summed E-state index contributed by atoms with van der Waals surface area (Å²) in [4.78, 5) is 0. The number of rotatable bonds is 1. The maximum atomic E-state index is 9.82. The summed E-state index contributed by atoms with van der Waals surface area (Å²) < 4.78 is 0. The lowest BCUT2D eigenvalue weighted by Crippen LogP contribution is -1.85. The van der Waals surface area contributed by atoms with Crippen molar-refractivity contribution in [3.8, 4) is 22.6 Å². The van der Waals surface area contributed by atoms with Crippen molar-refractivity contribution in [2.24, 2.45) is 0 Å². The van der Waals surface area contributed by atoms with Gasteiger partial charge in [0.1, 0.15) is 11.5 Å². The molecule has 0 heterocycles. The lowest BCUT2D eigenvalue weighted by Gasteiger charge is -2.10. The van der Waals surface area contributed by atoms with Crippen molar-refractivity contribution in [2.75, 3.05) is 0 Å². The monoisotopic (exact) mass is 214 g/mol.